The van der Waals surface area contributed by atoms with E-state index in [1.165, 1.54) is 0 Å². The summed E-state index contributed by atoms with van der Waals surface area (Å²) in [5.41, 5.74) is -0.680. The lowest BCUT2D eigenvalue weighted by atomic mass is 10.00. The van der Waals surface area contributed by atoms with Crippen molar-refractivity contribution in [1.82, 2.24) is 5.32 Å². The summed E-state index contributed by atoms with van der Waals surface area (Å²) in [6.07, 6.45) is 3.43. The molecule has 0 radical (unpaired) electrons. The van der Waals surface area contributed by atoms with Gasteiger partial charge in [0.1, 0.15) is 24.5 Å². The van der Waals surface area contributed by atoms with Crippen molar-refractivity contribution < 1.29 is 14.3 Å². The van der Waals surface area contributed by atoms with E-state index in [2.05, 4.69) is 11.4 Å². The highest BCUT2D eigenvalue weighted by molar-refractivity contribution is 5.78. The molecule has 0 saturated heterocycles. The van der Waals surface area contributed by atoms with Gasteiger partial charge < -0.3 is 14.8 Å². The third kappa shape index (κ3) is 4.76. The van der Waals surface area contributed by atoms with Crippen molar-refractivity contribution in [2.75, 3.05) is 19.8 Å². The van der Waals surface area contributed by atoms with Gasteiger partial charge >= 0.3 is 0 Å². The molecule has 112 valence electrons. The average Bonchev–Trinajstić information content (AvgIpc) is 2.97. The quantitative estimate of drug-likeness (QED) is 0.779. The fraction of sp³-hybridized carbons (Fsp3) is 0.500. The predicted molar refractivity (Wildman–Crippen MR) is 77.7 cm³/mol. The summed E-state index contributed by atoms with van der Waals surface area (Å²) < 4.78 is 10.7. The second-order valence-electron chi connectivity index (χ2n) is 5.16. The monoisotopic (exact) mass is 288 g/mol. The highest BCUT2D eigenvalue weighted by Crippen LogP contribution is 2.28. The van der Waals surface area contributed by atoms with Gasteiger partial charge in [0.25, 0.3) is 0 Å². The molecule has 1 aliphatic rings. The van der Waals surface area contributed by atoms with Crippen molar-refractivity contribution in [3.05, 3.63) is 30.3 Å². The molecule has 0 atom stereocenters. The van der Waals surface area contributed by atoms with Gasteiger partial charge in [-0.3, -0.25) is 4.79 Å². The normalized spacial score (nSPS) is 16.1. The van der Waals surface area contributed by atoms with Gasteiger partial charge in [-0.15, -0.1) is 0 Å². The highest BCUT2D eigenvalue weighted by atomic mass is 16.5. The number of ether oxygens (including phenoxy) is 2. The molecule has 1 aliphatic carbocycles. The summed E-state index contributed by atoms with van der Waals surface area (Å²) in [6, 6.07) is 11.7. The molecule has 0 heterocycles. The van der Waals surface area contributed by atoms with Crippen LogP contribution in [0, 0.1) is 11.3 Å². The van der Waals surface area contributed by atoms with Crippen molar-refractivity contribution in [3.63, 3.8) is 0 Å². The molecule has 0 spiro atoms. The van der Waals surface area contributed by atoms with Gasteiger partial charge in [-0.25, -0.2) is 0 Å². The first kappa shape index (κ1) is 15.3. The number of nitrogens with one attached hydrogen (secondary N) is 1. The van der Waals surface area contributed by atoms with Crippen LogP contribution >= 0.6 is 0 Å². The summed E-state index contributed by atoms with van der Waals surface area (Å²) in [5.74, 6) is 0.540. The molecule has 5 heteroatoms. The SMILES string of the molecule is N#CC1(NC(=O)COCCOc2ccccc2)CCCC1. The average molecular weight is 288 g/mol. The molecule has 0 unspecified atom stereocenters. The minimum Gasteiger partial charge on any atom is -0.491 e. The number of para-hydroxylation sites is 1. The van der Waals surface area contributed by atoms with E-state index in [0.29, 0.717) is 13.2 Å². The van der Waals surface area contributed by atoms with E-state index in [9.17, 15) is 10.1 Å². The van der Waals surface area contributed by atoms with Gasteiger partial charge in [-0.1, -0.05) is 18.2 Å². The zero-order chi connectivity index (χ0) is 15.0. The second kappa shape index (κ2) is 7.65. The van der Waals surface area contributed by atoms with Crippen molar-refractivity contribution in [1.29, 1.82) is 5.26 Å². The number of hydrogen-bond acceptors (Lipinski definition) is 4. The van der Waals surface area contributed by atoms with Gasteiger partial charge in [-0.2, -0.15) is 5.26 Å². The summed E-state index contributed by atoms with van der Waals surface area (Å²) in [7, 11) is 0. The Morgan fingerprint density at radius 2 is 1.95 bits per heavy atom. The van der Waals surface area contributed by atoms with E-state index in [1.54, 1.807) is 0 Å². The van der Waals surface area contributed by atoms with Crippen LogP contribution in [0.1, 0.15) is 25.7 Å². The molecule has 1 aromatic carbocycles. The highest BCUT2D eigenvalue weighted by Gasteiger charge is 2.35. The number of nitrogens with zero attached hydrogens (tertiary/aromatic N) is 1. The maximum absolute atomic E-state index is 11.8. The molecular weight excluding hydrogens is 268 g/mol. The molecule has 2 rings (SSSR count). The first-order valence-corrected chi connectivity index (χ1v) is 7.22. The number of rotatable bonds is 7. The van der Waals surface area contributed by atoms with Crippen molar-refractivity contribution in [2.24, 2.45) is 0 Å². The van der Waals surface area contributed by atoms with Crippen LogP contribution in [-0.2, 0) is 9.53 Å². The third-order valence-electron chi connectivity index (χ3n) is 3.52. The molecule has 5 nitrogen and oxygen atoms in total. The second-order valence-corrected chi connectivity index (χ2v) is 5.16. The number of benzene rings is 1. The third-order valence-corrected chi connectivity index (χ3v) is 3.52. The maximum atomic E-state index is 11.8. The van der Waals surface area contributed by atoms with Gasteiger partial charge in [-0.05, 0) is 37.8 Å². The van der Waals surface area contributed by atoms with Crippen LogP contribution < -0.4 is 10.1 Å². The molecule has 21 heavy (non-hydrogen) atoms. The van der Waals surface area contributed by atoms with Gasteiger partial charge in [0.05, 0.1) is 12.7 Å². The van der Waals surface area contributed by atoms with Gasteiger partial charge in [0.2, 0.25) is 5.91 Å². The van der Waals surface area contributed by atoms with Crippen molar-refractivity contribution in [3.8, 4) is 11.8 Å². The number of nitriles is 1. The lowest BCUT2D eigenvalue weighted by molar-refractivity contribution is -0.127. The molecular formula is C16H20N2O3. The summed E-state index contributed by atoms with van der Waals surface area (Å²) >= 11 is 0. The van der Waals surface area contributed by atoms with E-state index in [0.717, 1.165) is 31.4 Å². The molecule has 0 aliphatic heterocycles. The first-order chi connectivity index (χ1) is 10.2. The van der Waals surface area contributed by atoms with E-state index in [-0.39, 0.29) is 12.5 Å². The molecule has 1 amide bonds. The molecule has 0 bridgehead atoms. The fourth-order valence-electron chi connectivity index (χ4n) is 2.45. The number of carbonyl (C=O) groups is 1. The van der Waals surface area contributed by atoms with Gasteiger partial charge in [0.15, 0.2) is 0 Å². The van der Waals surface area contributed by atoms with E-state index >= 15 is 0 Å². The molecule has 1 aromatic rings. The number of carbonyl (C=O) groups excluding carboxylic acids is 1. The predicted octanol–water partition coefficient (Wildman–Crippen LogP) is 2.03. The lowest BCUT2D eigenvalue weighted by Crippen LogP contribution is -2.46. The van der Waals surface area contributed by atoms with Crippen LogP contribution in [0.4, 0.5) is 0 Å². The van der Waals surface area contributed by atoms with Crippen LogP contribution in [0.15, 0.2) is 30.3 Å². The standard InChI is InChI=1S/C16H20N2O3/c17-13-16(8-4-5-9-16)18-15(19)12-20-10-11-21-14-6-2-1-3-7-14/h1-3,6-7H,4-5,8-12H2,(H,18,19). The van der Waals surface area contributed by atoms with Crippen LogP contribution in [0.2, 0.25) is 0 Å². The van der Waals surface area contributed by atoms with E-state index < -0.39 is 5.54 Å². The Morgan fingerprint density at radius 3 is 2.62 bits per heavy atom. The summed E-state index contributed by atoms with van der Waals surface area (Å²) in [4.78, 5) is 11.8. The minimum absolute atomic E-state index is 0.0401. The lowest BCUT2D eigenvalue weighted by Gasteiger charge is -2.21. The Labute approximate surface area is 124 Å². The molecule has 1 fully saturated rings. The smallest absolute Gasteiger partial charge is 0.247 e. The number of hydrogen-bond donors (Lipinski definition) is 1. The Balaban J connectivity index is 1.60. The zero-order valence-corrected chi connectivity index (χ0v) is 12.0. The first-order valence-electron chi connectivity index (χ1n) is 7.22. The van der Waals surface area contributed by atoms with Gasteiger partial charge in [0, 0.05) is 0 Å². The maximum Gasteiger partial charge on any atom is 0.247 e. The van der Waals surface area contributed by atoms with E-state index in [1.807, 2.05) is 30.3 Å². The molecule has 0 aromatic heterocycles. The Bertz CT molecular complexity index is 490. The van der Waals surface area contributed by atoms with Crippen molar-refractivity contribution >= 4 is 5.91 Å². The molecule has 1 saturated carbocycles. The van der Waals surface area contributed by atoms with E-state index in [4.69, 9.17) is 9.47 Å². The fourth-order valence-corrected chi connectivity index (χ4v) is 2.45. The topological polar surface area (TPSA) is 71.4 Å². The zero-order valence-electron chi connectivity index (χ0n) is 12.0. The minimum atomic E-state index is -0.680. The van der Waals surface area contributed by atoms with Crippen LogP contribution in [0.3, 0.4) is 0 Å². The summed E-state index contributed by atoms with van der Waals surface area (Å²) in [6.45, 7) is 0.685. The summed E-state index contributed by atoms with van der Waals surface area (Å²) in [5, 5.41) is 12.0. The number of amides is 1. The Kier molecular flexibility index (Phi) is 5.59. The van der Waals surface area contributed by atoms with Crippen LogP contribution in [0.5, 0.6) is 5.75 Å². The molecule has 1 N–H and O–H groups in total. The Hall–Kier alpha value is -2.06. The van der Waals surface area contributed by atoms with Crippen LogP contribution in [0.25, 0.3) is 0 Å². The van der Waals surface area contributed by atoms with Crippen LogP contribution in [-0.4, -0.2) is 31.3 Å². The van der Waals surface area contributed by atoms with Crippen molar-refractivity contribution in [2.45, 2.75) is 31.2 Å². The Morgan fingerprint density at radius 1 is 1.24 bits per heavy atom. The largest absolute Gasteiger partial charge is 0.491 e.